The highest BCUT2D eigenvalue weighted by atomic mass is 32.2. The molecule has 1 fully saturated rings. The van der Waals surface area contributed by atoms with E-state index in [0.717, 1.165) is 16.9 Å². The Morgan fingerprint density at radius 2 is 1.85 bits per heavy atom. The minimum Gasteiger partial charge on any atom is -0.326 e. The van der Waals surface area contributed by atoms with Crippen molar-refractivity contribution in [2.24, 2.45) is 5.41 Å². The molecule has 27 heavy (non-hydrogen) atoms. The molecule has 0 radical (unpaired) electrons. The van der Waals surface area contributed by atoms with E-state index >= 15 is 0 Å². The fourth-order valence-corrected chi connectivity index (χ4v) is 4.08. The highest BCUT2D eigenvalue weighted by Gasteiger charge is 2.34. The molecule has 3 rings (SSSR count). The van der Waals surface area contributed by atoms with Crippen molar-refractivity contribution >= 4 is 35.0 Å². The van der Waals surface area contributed by atoms with Gasteiger partial charge in [-0.1, -0.05) is 39.0 Å². The molecule has 0 bridgehead atoms. The zero-order valence-electron chi connectivity index (χ0n) is 16.5. The van der Waals surface area contributed by atoms with E-state index in [-0.39, 0.29) is 17.2 Å². The lowest BCUT2D eigenvalue weighted by atomic mass is 9.95. The predicted molar refractivity (Wildman–Crippen MR) is 113 cm³/mol. The normalized spacial score (nSPS) is 17.3. The van der Waals surface area contributed by atoms with Crippen LogP contribution in [0.15, 0.2) is 42.5 Å². The fraction of sp³-hybridized carbons (Fsp3) is 0.364. The molecule has 0 aliphatic carbocycles. The van der Waals surface area contributed by atoms with Crippen LogP contribution in [0.3, 0.4) is 0 Å². The number of rotatable bonds is 3. The Morgan fingerprint density at radius 3 is 2.52 bits per heavy atom. The van der Waals surface area contributed by atoms with Gasteiger partial charge in [0, 0.05) is 16.8 Å². The number of hydrogen-bond donors (Lipinski definition) is 1. The molecule has 2 aromatic rings. The van der Waals surface area contributed by atoms with E-state index in [9.17, 15) is 9.59 Å². The van der Waals surface area contributed by atoms with Gasteiger partial charge >= 0.3 is 0 Å². The lowest BCUT2D eigenvalue weighted by Gasteiger charge is -2.25. The number of amides is 2. The molecular formula is C22H26N2O2S. The molecule has 0 unspecified atom stereocenters. The predicted octanol–water partition coefficient (Wildman–Crippen LogP) is 5.07. The van der Waals surface area contributed by atoms with Crippen LogP contribution in [-0.2, 0) is 9.59 Å². The Labute approximate surface area is 165 Å². The van der Waals surface area contributed by atoms with E-state index in [2.05, 4.69) is 31.3 Å². The van der Waals surface area contributed by atoms with E-state index in [1.165, 1.54) is 11.1 Å². The van der Waals surface area contributed by atoms with E-state index in [1.807, 2.05) is 56.0 Å². The summed E-state index contributed by atoms with van der Waals surface area (Å²) in [4.78, 5) is 26.7. The molecule has 0 spiro atoms. The first-order chi connectivity index (χ1) is 12.7. The number of carbonyl (C=O) groups excluding carboxylic acids is 2. The first-order valence-corrected chi connectivity index (χ1v) is 10.1. The number of carbonyl (C=O) groups is 2. The average molecular weight is 383 g/mol. The molecule has 0 aromatic heterocycles. The largest absolute Gasteiger partial charge is 0.326 e. The molecular weight excluding hydrogens is 356 g/mol. The van der Waals surface area contributed by atoms with Gasteiger partial charge in [0.05, 0.1) is 5.75 Å². The molecule has 1 heterocycles. The molecule has 4 nitrogen and oxygen atoms in total. The Balaban J connectivity index is 1.90. The third-order valence-corrected chi connectivity index (χ3v) is 5.96. The van der Waals surface area contributed by atoms with Gasteiger partial charge in [-0.2, -0.15) is 0 Å². The summed E-state index contributed by atoms with van der Waals surface area (Å²) in [7, 11) is 0. The highest BCUT2D eigenvalue weighted by molar-refractivity contribution is 8.00. The summed E-state index contributed by atoms with van der Waals surface area (Å²) in [5, 5.41) is 2.88. The van der Waals surface area contributed by atoms with Crippen molar-refractivity contribution < 1.29 is 9.59 Å². The van der Waals surface area contributed by atoms with Crippen molar-refractivity contribution in [2.75, 3.05) is 16.0 Å². The maximum atomic E-state index is 12.6. The van der Waals surface area contributed by atoms with Crippen LogP contribution in [0.2, 0.25) is 0 Å². The van der Waals surface area contributed by atoms with E-state index in [1.54, 1.807) is 11.8 Å². The summed E-state index contributed by atoms with van der Waals surface area (Å²) < 4.78 is 0. The van der Waals surface area contributed by atoms with Gasteiger partial charge in [-0.25, -0.2) is 0 Å². The van der Waals surface area contributed by atoms with Crippen molar-refractivity contribution in [3.05, 3.63) is 59.2 Å². The zero-order valence-corrected chi connectivity index (χ0v) is 17.3. The van der Waals surface area contributed by atoms with Crippen LogP contribution in [0.4, 0.5) is 11.4 Å². The second-order valence-electron chi connectivity index (χ2n) is 8.03. The fourth-order valence-electron chi connectivity index (χ4n) is 2.91. The Hall–Kier alpha value is -2.27. The second kappa shape index (κ2) is 7.39. The van der Waals surface area contributed by atoms with Gasteiger partial charge in [0.2, 0.25) is 11.8 Å². The number of thioether (sulfide) groups is 1. The topological polar surface area (TPSA) is 49.4 Å². The van der Waals surface area contributed by atoms with Crippen molar-refractivity contribution in [2.45, 2.75) is 40.0 Å². The molecule has 142 valence electrons. The first kappa shape index (κ1) is 19.5. The highest BCUT2D eigenvalue weighted by Crippen LogP contribution is 2.42. The molecule has 1 saturated heterocycles. The molecule has 1 aliphatic rings. The number of aryl methyl sites for hydroxylation is 2. The quantitative estimate of drug-likeness (QED) is 0.806. The van der Waals surface area contributed by atoms with Crippen molar-refractivity contribution in [3.63, 3.8) is 0 Å². The van der Waals surface area contributed by atoms with Crippen molar-refractivity contribution in [1.29, 1.82) is 0 Å². The summed E-state index contributed by atoms with van der Waals surface area (Å²) >= 11 is 1.61. The van der Waals surface area contributed by atoms with Gasteiger partial charge in [-0.3, -0.25) is 14.5 Å². The van der Waals surface area contributed by atoms with Crippen LogP contribution in [0, 0.1) is 19.3 Å². The van der Waals surface area contributed by atoms with Crippen LogP contribution in [0.25, 0.3) is 0 Å². The summed E-state index contributed by atoms with van der Waals surface area (Å²) in [6, 6.07) is 13.9. The second-order valence-corrected chi connectivity index (χ2v) is 9.09. The summed E-state index contributed by atoms with van der Waals surface area (Å²) in [6.45, 7) is 9.79. The van der Waals surface area contributed by atoms with Crippen molar-refractivity contribution in [1.82, 2.24) is 0 Å². The minimum absolute atomic E-state index is 0.0270. The molecule has 2 amide bonds. The van der Waals surface area contributed by atoms with Crippen LogP contribution in [0.5, 0.6) is 0 Å². The Bertz CT molecular complexity index is 886. The van der Waals surface area contributed by atoms with Crippen LogP contribution in [-0.4, -0.2) is 17.6 Å². The first-order valence-electron chi connectivity index (χ1n) is 9.09. The SMILES string of the molecule is Cc1ccc(N2C(=O)CS[C@@H]2c2cccc(NC(=O)C(C)(C)C)c2)cc1C. The molecule has 2 aromatic carbocycles. The van der Waals surface area contributed by atoms with Crippen LogP contribution < -0.4 is 10.2 Å². The summed E-state index contributed by atoms with van der Waals surface area (Å²) in [6.07, 6.45) is 0. The Kier molecular flexibility index (Phi) is 5.33. The third-order valence-electron chi connectivity index (χ3n) is 4.75. The van der Waals surface area contributed by atoms with Gasteiger partial charge in [0.25, 0.3) is 0 Å². The third kappa shape index (κ3) is 4.19. The average Bonchev–Trinajstić information content (AvgIpc) is 2.98. The van der Waals surface area contributed by atoms with Gasteiger partial charge in [0.15, 0.2) is 0 Å². The number of anilines is 2. The molecule has 1 atom stereocenters. The van der Waals surface area contributed by atoms with Crippen molar-refractivity contribution in [3.8, 4) is 0 Å². The lowest BCUT2D eigenvalue weighted by Crippen LogP contribution is -2.29. The molecule has 5 heteroatoms. The number of hydrogen-bond acceptors (Lipinski definition) is 3. The molecule has 0 saturated carbocycles. The van der Waals surface area contributed by atoms with E-state index < -0.39 is 5.41 Å². The minimum atomic E-state index is -0.459. The number of benzene rings is 2. The van der Waals surface area contributed by atoms with E-state index in [4.69, 9.17) is 0 Å². The van der Waals surface area contributed by atoms with Gasteiger partial charge in [-0.15, -0.1) is 11.8 Å². The summed E-state index contributed by atoms with van der Waals surface area (Å²) in [5.41, 5.74) is 4.61. The number of nitrogens with zero attached hydrogens (tertiary/aromatic N) is 1. The monoisotopic (exact) mass is 382 g/mol. The summed E-state index contributed by atoms with van der Waals surface area (Å²) in [5.74, 6) is 0.536. The maximum absolute atomic E-state index is 12.6. The van der Waals surface area contributed by atoms with E-state index in [0.29, 0.717) is 5.75 Å². The molecule has 1 aliphatic heterocycles. The zero-order chi connectivity index (χ0) is 19.8. The number of nitrogens with one attached hydrogen (secondary N) is 1. The van der Waals surface area contributed by atoms with Gasteiger partial charge in [-0.05, 0) is 54.8 Å². The van der Waals surface area contributed by atoms with Crippen LogP contribution in [0.1, 0.15) is 42.8 Å². The van der Waals surface area contributed by atoms with Gasteiger partial charge < -0.3 is 5.32 Å². The molecule has 1 N–H and O–H groups in total. The smallest absolute Gasteiger partial charge is 0.238 e. The van der Waals surface area contributed by atoms with Gasteiger partial charge in [0.1, 0.15) is 5.37 Å². The lowest BCUT2D eigenvalue weighted by molar-refractivity contribution is -0.123. The Morgan fingerprint density at radius 1 is 1.11 bits per heavy atom. The van der Waals surface area contributed by atoms with Crippen LogP contribution >= 0.6 is 11.8 Å². The maximum Gasteiger partial charge on any atom is 0.238 e. The standard InChI is InChI=1S/C22H26N2O2S/c1-14-9-10-18(11-15(14)2)24-19(25)13-27-20(24)16-7-6-8-17(12-16)23-21(26)22(3,4)5/h6-12,20H,13H2,1-5H3,(H,23,26)/t20-/m1/s1.